The number of ether oxygens (including phenoxy) is 1. The molecule has 0 saturated heterocycles. The SMILES string of the molecule is CCCCCCCCCOc1ccc(Cl)cc1CNC. The molecule has 0 aromatic heterocycles. The van der Waals surface area contributed by atoms with Crippen molar-refractivity contribution >= 4 is 11.6 Å². The maximum atomic E-state index is 6.01. The first-order valence-electron chi connectivity index (χ1n) is 7.83. The first-order valence-corrected chi connectivity index (χ1v) is 8.21. The molecule has 1 aromatic carbocycles. The number of nitrogens with one attached hydrogen (secondary N) is 1. The van der Waals surface area contributed by atoms with Gasteiger partial charge in [-0.05, 0) is 31.7 Å². The third-order valence-electron chi connectivity index (χ3n) is 3.40. The molecule has 0 amide bonds. The van der Waals surface area contributed by atoms with Crippen molar-refractivity contribution in [2.24, 2.45) is 0 Å². The van der Waals surface area contributed by atoms with Gasteiger partial charge in [-0.3, -0.25) is 0 Å². The van der Waals surface area contributed by atoms with Crippen molar-refractivity contribution in [3.05, 3.63) is 28.8 Å². The summed E-state index contributed by atoms with van der Waals surface area (Å²) in [5, 5.41) is 3.91. The van der Waals surface area contributed by atoms with E-state index in [2.05, 4.69) is 12.2 Å². The fraction of sp³-hybridized carbons (Fsp3) is 0.647. The lowest BCUT2D eigenvalue weighted by Gasteiger charge is -2.11. The van der Waals surface area contributed by atoms with Crippen LogP contribution in [0.2, 0.25) is 5.02 Å². The van der Waals surface area contributed by atoms with Crippen molar-refractivity contribution in [3.63, 3.8) is 0 Å². The Balaban J connectivity index is 2.21. The molecule has 0 saturated carbocycles. The van der Waals surface area contributed by atoms with Crippen LogP contribution in [0.4, 0.5) is 0 Å². The van der Waals surface area contributed by atoms with Gasteiger partial charge in [0.05, 0.1) is 6.61 Å². The number of hydrogen-bond acceptors (Lipinski definition) is 2. The van der Waals surface area contributed by atoms with Crippen molar-refractivity contribution in [2.45, 2.75) is 58.4 Å². The van der Waals surface area contributed by atoms with E-state index in [1.165, 1.54) is 38.5 Å². The molecule has 0 bridgehead atoms. The van der Waals surface area contributed by atoms with Crippen molar-refractivity contribution in [3.8, 4) is 5.75 Å². The molecular weight excluding hydrogens is 270 g/mol. The minimum Gasteiger partial charge on any atom is -0.493 e. The van der Waals surface area contributed by atoms with Crippen LogP contribution in [0.15, 0.2) is 18.2 Å². The van der Waals surface area contributed by atoms with E-state index in [4.69, 9.17) is 16.3 Å². The normalized spacial score (nSPS) is 10.8. The first-order chi connectivity index (χ1) is 9.77. The fourth-order valence-electron chi connectivity index (χ4n) is 2.26. The number of benzene rings is 1. The van der Waals surface area contributed by atoms with Crippen LogP contribution in [-0.2, 0) is 6.54 Å². The molecule has 0 heterocycles. The predicted octanol–water partition coefficient (Wildman–Crippen LogP) is 5.19. The average molecular weight is 298 g/mol. The van der Waals surface area contributed by atoms with Crippen molar-refractivity contribution in [1.29, 1.82) is 0 Å². The van der Waals surface area contributed by atoms with Gasteiger partial charge < -0.3 is 10.1 Å². The second-order valence-electron chi connectivity index (χ2n) is 5.25. The molecule has 0 atom stereocenters. The van der Waals surface area contributed by atoms with Gasteiger partial charge in [0.2, 0.25) is 0 Å². The van der Waals surface area contributed by atoms with Gasteiger partial charge in [0.1, 0.15) is 5.75 Å². The molecule has 2 nitrogen and oxygen atoms in total. The van der Waals surface area contributed by atoms with Crippen LogP contribution in [-0.4, -0.2) is 13.7 Å². The molecule has 114 valence electrons. The molecule has 1 N–H and O–H groups in total. The van der Waals surface area contributed by atoms with Gasteiger partial charge in [0.25, 0.3) is 0 Å². The van der Waals surface area contributed by atoms with Gasteiger partial charge in [-0.15, -0.1) is 0 Å². The minimum atomic E-state index is 0.763. The molecule has 0 aliphatic rings. The zero-order chi connectivity index (χ0) is 14.6. The zero-order valence-electron chi connectivity index (χ0n) is 12.9. The van der Waals surface area contributed by atoms with E-state index < -0.39 is 0 Å². The van der Waals surface area contributed by atoms with Gasteiger partial charge >= 0.3 is 0 Å². The van der Waals surface area contributed by atoms with E-state index in [9.17, 15) is 0 Å². The smallest absolute Gasteiger partial charge is 0.123 e. The zero-order valence-corrected chi connectivity index (χ0v) is 13.6. The number of unbranched alkanes of at least 4 members (excludes halogenated alkanes) is 6. The quantitative estimate of drug-likeness (QED) is 0.568. The molecule has 1 rings (SSSR count). The van der Waals surface area contributed by atoms with E-state index in [-0.39, 0.29) is 0 Å². The van der Waals surface area contributed by atoms with Crippen LogP contribution in [0.25, 0.3) is 0 Å². The Labute approximate surface area is 128 Å². The highest BCUT2D eigenvalue weighted by Crippen LogP contribution is 2.23. The summed E-state index contributed by atoms with van der Waals surface area (Å²) in [5.41, 5.74) is 1.13. The van der Waals surface area contributed by atoms with E-state index in [0.717, 1.165) is 35.9 Å². The van der Waals surface area contributed by atoms with Crippen LogP contribution >= 0.6 is 11.6 Å². The van der Waals surface area contributed by atoms with Crippen LogP contribution in [0.1, 0.15) is 57.4 Å². The molecule has 20 heavy (non-hydrogen) atoms. The lowest BCUT2D eigenvalue weighted by Crippen LogP contribution is -2.08. The van der Waals surface area contributed by atoms with E-state index in [0.29, 0.717) is 0 Å². The highest BCUT2D eigenvalue weighted by atomic mass is 35.5. The van der Waals surface area contributed by atoms with E-state index in [1.54, 1.807) is 0 Å². The Bertz CT molecular complexity index is 368. The predicted molar refractivity (Wildman–Crippen MR) is 87.7 cm³/mol. The molecule has 0 aliphatic heterocycles. The molecule has 0 unspecified atom stereocenters. The lowest BCUT2D eigenvalue weighted by molar-refractivity contribution is 0.301. The Morgan fingerprint density at radius 1 is 1.05 bits per heavy atom. The monoisotopic (exact) mass is 297 g/mol. The molecule has 3 heteroatoms. The van der Waals surface area contributed by atoms with Crippen molar-refractivity contribution < 1.29 is 4.74 Å². The molecule has 0 aliphatic carbocycles. The Morgan fingerprint density at radius 3 is 2.45 bits per heavy atom. The lowest BCUT2D eigenvalue weighted by atomic mass is 10.1. The molecule has 0 radical (unpaired) electrons. The fourth-order valence-corrected chi connectivity index (χ4v) is 2.45. The van der Waals surface area contributed by atoms with Gasteiger partial charge in [0, 0.05) is 17.1 Å². The molecule has 0 spiro atoms. The summed E-state index contributed by atoms with van der Waals surface area (Å²) in [6.07, 6.45) is 9.14. The maximum Gasteiger partial charge on any atom is 0.123 e. The summed E-state index contributed by atoms with van der Waals surface area (Å²) in [7, 11) is 1.93. The first kappa shape index (κ1) is 17.3. The third-order valence-corrected chi connectivity index (χ3v) is 3.63. The van der Waals surface area contributed by atoms with Crippen LogP contribution in [0.5, 0.6) is 5.75 Å². The molecular formula is C17H28ClNO. The molecule has 0 fully saturated rings. The summed E-state index contributed by atoms with van der Waals surface area (Å²) in [6.45, 7) is 3.84. The largest absolute Gasteiger partial charge is 0.493 e. The van der Waals surface area contributed by atoms with Gasteiger partial charge in [-0.1, -0.05) is 57.0 Å². The minimum absolute atomic E-state index is 0.763. The van der Waals surface area contributed by atoms with Gasteiger partial charge in [-0.25, -0.2) is 0 Å². The van der Waals surface area contributed by atoms with Gasteiger partial charge in [0.15, 0.2) is 0 Å². The standard InChI is InChI=1S/C17H28ClNO/c1-3-4-5-6-7-8-9-12-20-17-11-10-16(18)13-15(17)14-19-2/h10-11,13,19H,3-9,12,14H2,1-2H3. The van der Waals surface area contributed by atoms with Crippen LogP contribution < -0.4 is 10.1 Å². The highest BCUT2D eigenvalue weighted by molar-refractivity contribution is 6.30. The topological polar surface area (TPSA) is 21.3 Å². The van der Waals surface area contributed by atoms with E-state index >= 15 is 0 Å². The number of hydrogen-bond donors (Lipinski definition) is 1. The maximum absolute atomic E-state index is 6.01. The van der Waals surface area contributed by atoms with Gasteiger partial charge in [-0.2, -0.15) is 0 Å². The summed E-state index contributed by atoms with van der Waals surface area (Å²) in [6, 6.07) is 5.83. The summed E-state index contributed by atoms with van der Waals surface area (Å²) < 4.78 is 5.87. The average Bonchev–Trinajstić information content (AvgIpc) is 2.44. The van der Waals surface area contributed by atoms with E-state index in [1.807, 2.05) is 25.2 Å². The summed E-state index contributed by atoms with van der Waals surface area (Å²) in [5.74, 6) is 0.953. The number of halogens is 1. The van der Waals surface area contributed by atoms with Crippen molar-refractivity contribution in [2.75, 3.05) is 13.7 Å². The summed E-state index contributed by atoms with van der Waals surface area (Å²) in [4.78, 5) is 0. The Kier molecular flexibility index (Phi) is 9.52. The highest BCUT2D eigenvalue weighted by Gasteiger charge is 2.04. The van der Waals surface area contributed by atoms with Crippen LogP contribution in [0, 0.1) is 0 Å². The third kappa shape index (κ3) is 7.16. The van der Waals surface area contributed by atoms with Crippen molar-refractivity contribution in [1.82, 2.24) is 5.32 Å². The number of rotatable bonds is 11. The second kappa shape index (κ2) is 11.0. The summed E-state index contributed by atoms with van der Waals surface area (Å²) >= 11 is 6.01. The Morgan fingerprint density at radius 2 is 1.75 bits per heavy atom. The van der Waals surface area contributed by atoms with Crippen LogP contribution in [0.3, 0.4) is 0 Å². The molecule has 1 aromatic rings. The second-order valence-corrected chi connectivity index (χ2v) is 5.69. The Hall–Kier alpha value is -0.730.